The standard InChI is InChI=1S/C16H24N2O2/c1-12(2)20-15-6-4-5-13(9-15)10-17-14-7-8-16(19)18(3)11-14/h4-6,9,12,14,17H,7-8,10-11H2,1-3H3. The minimum absolute atomic E-state index is 0.191. The van der Waals surface area contributed by atoms with Gasteiger partial charge in [0.1, 0.15) is 5.75 Å². The van der Waals surface area contributed by atoms with Gasteiger partial charge in [0.05, 0.1) is 6.10 Å². The summed E-state index contributed by atoms with van der Waals surface area (Å²) in [5.74, 6) is 1.16. The highest BCUT2D eigenvalue weighted by atomic mass is 16.5. The van der Waals surface area contributed by atoms with E-state index in [2.05, 4.69) is 17.4 Å². The Morgan fingerprint density at radius 3 is 2.95 bits per heavy atom. The Kier molecular flexibility index (Phi) is 5.01. The van der Waals surface area contributed by atoms with Crippen LogP contribution in [-0.4, -0.2) is 36.5 Å². The number of carbonyl (C=O) groups is 1. The molecule has 0 bridgehead atoms. The third-order valence-corrected chi connectivity index (χ3v) is 3.49. The van der Waals surface area contributed by atoms with Crippen molar-refractivity contribution in [2.24, 2.45) is 0 Å². The van der Waals surface area contributed by atoms with Gasteiger partial charge in [0.15, 0.2) is 0 Å². The molecule has 0 radical (unpaired) electrons. The molecule has 1 fully saturated rings. The normalized spacial score (nSPS) is 19.5. The van der Waals surface area contributed by atoms with Crippen LogP contribution in [0.3, 0.4) is 0 Å². The average molecular weight is 276 g/mol. The number of ether oxygens (including phenoxy) is 1. The van der Waals surface area contributed by atoms with E-state index in [0.717, 1.165) is 25.3 Å². The molecule has 0 saturated carbocycles. The third-order valence-electron chi connectivity index (χ3n) is 3.49. The Bertz CT molecular complexity index is 460. The number of piperidine rings is 1. The van der Waals surface area contributed by atoms with Crippen molar-refractivity contribution in [1.82, 2.24) is 10.2 Å². The van der Waals surface area contributed by atoms with Gasteiger partial charge >= 0.3 is 0 Å². The van der Waals surface area contributed by atoms with E-state index in [1.807, 2.05) is 33.0 Å². The first-order valence-corrected chi connectivity index (χ1v) is 7.27. The summed E-state index contributed by atoms with van der Waals surface area (Å²) in [4.78, 5) is 13.2. The maximum absolute atomic E-state index is 11.4. The molecule has 1 aromatic rings. The first-order valence-electron chi connectivity index (χ1n) is 7.27. The van der Waals surface area contributed by atoms with Crippen LogP contribution < -0.4 is 10.1 Å². The van der Waals surface area contributed by atoms with Crippen LogP contribution in [0.5, 0.6) is 5.75 Å². The summed E-state index contributed by atoms with van der Waals surface area (Å²) in [6.07, 6.45) is 1.76. The number of benzene rings is 1. The number of nitrogens with one attached hydrogen (secondary N) is 1. The van der Waals surface area contributed by atoms with Gasteiger partial charge < -0.3 is 15.0 Å². The zero-order chi connectivity index (χ0) is 14.5. The van der Waals surface area contributed by atoms with E-state index in [-0.39, 0.29) is 12.0 Å². The van der Waals surface area contributed by atoms with E-state index >= 15 is 0 Å². The summed E-state index contributed by atoms with van der Waals surface area (Å²) >= 11 is 0. The van der Waals surface area contributed by atoms with E-state index in [1.54, 1.807) is 4.90 Å². The highest BCUT2D eigenvalue weighted by Gasteiger charge is 2.22. The lowest BCUT2D eigenvalue weighted by Gasteiger charge is -2.30. The van der Waals surface area contributed by atoms with Crippen LogP contribution in [0, 0.1) is 0 Å². The van der Waals surface area contributed by atoms with Gasteiger partial charge in [-0.25, -0.2) is 0 Å². The lowest BCUT2D eigenvalue weighted by atomic mass is 10.1. The highest BCUT2D eigenvalue weighted by Crippen LogP contribution is 2.16. The van der Waals surface area contributed by atoms with Gasteiger partial charge in [0, 0.05) is 32.6 Å². The molecule has 110 valence electrons. The summed E-state index contributed by atoms with van der Waals surface area (Å²) < 4.78 is 5.70. The van der Waals surface area contributed by atoms with Gasteiger partial charge in [0.2, 0.25) is 5.91 Å². The fourth-order valence-electron chi connectivity index (χ4n) is 2.44. The highest BCUT2D eigenvalue weighted by molar-refractivity contribution is 5.76. The number of amides is 1. The molecule has 1 heterocycles. The number of rotatable bonds is 5. The second kappa shape index (κ2) is 6.75. The first-order chi connectivity index (χ1) is 9.54. The number of nitrogens with zero attached hydrogens (tertiary/aromatic N) is 1. The van der Waals surface area contributed by atoms with E-state index in [4.69, 9.17) is 4.74 Å². The van der Waals surface area contributed by atoms with Crippen molar-refractivity contribution in [3.05, 3.63) is 29.8 Å². The summed E-state index contributed by atoms with van der Waals surface area (Å²) in [6, 6.07) is 8.55. The number of hydrogen-bond donors (Lipinski definition) is 1. The van der Waals surface area contributed by atoms with Crippen molar-refractivity contribution in [1.29, 1.82) is 0 Å². The minimum Gasteiger partial charge on any atom is -0.491 e. The number of likely N-dealkylation sites (N-methyl/N-ethyl adjacent to an activating group) is 1. The molecule has 2 rings (SSSR count). The lowest BCUT2D eigenvalue weighted by molar-refractivity contribution is -0.132. The van der Waals surface area contributed by atoms with Gasteiger partial charge in [-0.15, -0.1) is 0 Å². The third kappa shape index (κ3) is 4.23. The van der Waals surface area contributed by atoms with E-state index < -0.39 is 0 Å². The molecule has 1 N–H and O–H groups in total. The summed E-state index contributed by atoms with van der Waals surface area (Å²) in [7, 11) is 1.87. The molecule has 0 aliphatic carbocycles. The van der Waals surface area contributed by atoms with E-state index in [0.29, 0.717) is 12.5 Å². The van der Waals surface area contributed by atoms with Crippen LogP contribution >= 0.6 is 0 Å². The number of hydrogen-bond acceptors (Lipinski definition) is 3. The zero-order valence-electron chi connectivity index (χ0n) is 12.6. The maximum Gasteiger partial charge on any atom is 0.222 e. The fourth-order valence-corrected chi connectivity index (χ4v) is 2.44. The van der Waals surface area contributed by atoms with Gasteiger partial charge in [-0.3, -0.25) is 4.79 Å². The van der Waals surface area contributed by atoms with Crippen LogP contribution in [-0.2, 0) is 11.3 Å². The Hall–Kier alpha value is -1.55. The lowest BCUT2D eigenvalue weighted by Crippen LogP contribution is -2.46. The van der Waals surface area contributed by atoms with Crippen molar-refractivity contribution < 1.29 is 9.53 Å². The molecule has 20 heavy (non-hydrogen) atoms. The second-order valence-corrected chi connectivity index (χ2v) is 5.70. The predicted molar refractivity (Wildman–Crippen MR) is 79.7 cm³/mol. The van der Waals surface area contributed by atoms with Crippen LogP contribution in [0.15, 0.2) is 24.3 Å². The Labute approximate surface area is 121 Å². The number of carbonyl (C=O) groups excluding carboxylic acids is 1. The summed E-state index contributed by atoms with van der Waals surface area (Å²) in [5, 5.41) is 3.52. The zero-order valence-corrected chi connectivity index (χ0v) is 12.6. The van der Waals surface area contributed by atoms with E-state index in [9.17, 15) is 4.79 Å². The topological polar surface area (TPSA) is 41.6 Å². The molecule has 1 aromatic carbocycles. The van der Waals surface area contributed by atoms with Crippen molar-refractivity contribution in [2.45, 2.75) is 45.4 Å². The quantitative estimate of drug-likeness (QED) is 0.896. The smallest absolute Gasteiger partial charge is 0.222 e. The molecule has 1 unspecified atom stereocenters. The van der Waals surface area contributed by atoms with Crippen molar-refractivity contribution in [3.8, 4) is 5.75 Å². The fraction of sp³-hybridized carbons (Fsp3) is 0.562. The molecule has 1 saturated heterocycles. The van der Waals surface area contributed by atoms with Gasteiger partial charge in [-0.2, -0.15) is 0 Å². The average Bonchev–Trinajstić information content (AvgIpc) is 2.40. The molecular weight excluding hydrogens is 252 g/mol. The summed E-state index contributed by atoms with van der Waals surface area (Å²) in [6.45, 7) is 5.66. The molecular formula is C16H24N2O2. The Balaban J connectivity index is 1.86. The van der Waals surface area contributed by atoms with Crippen LogP contribution in [0.1, 0.15) is 32.3 Å². The van der Waals surface area contributed by atoms with Gasteiger partial charge in [0.25, 0.3) is 0 Å². The second-order valence-electron chi connectivity index (χ2n) is 5.70. The SMILES string of the molecule is CC(C)Oc1cccc(CNC2CCC(=O)N(C)C2)c1. The van der Waals surface area contributed by atoms with E-state index in [1.165, 1.54) is 5.56 Å². The maximum atomic E-state index is 11.4. The molecule has 1 aliphatic heterocycles. The predicted octanol–water partition coefficient (Wildman–Crippen LogP) is 2.18. The molecule has 4 heteroatoms. The van der Waals surface area contributed by atoms with Crippen molar-refractivity contribution in [3.63, 3.8) is 0 Å². The Morgan fingerprint density at radius 2 is 2.25 bits per heavy atom. The largest absolute Gasteiger partial charge is 0.491 e. The van der Waals surface area contributed by atoms with Crippen molar-refractivity contribution >= 4 is 5.91 Å². The molecule has 1 aliphatic rings. The number of likely N-dealkylation sites (tertiary alicyclic amines) is 1. The Morgan fingerprint density at radius 1 is 1.45 bits per heavy atom. The van der Waals surface area contributed by atoms with Crippen LogP contribution in [0.4, 0.5) is 0 Å². The minimum atomic E-state index is 0.191. The molecule has 1 atom stereocenters. The first kappa shape index (κ1) is 14.9. The van der Waals surface area contributed by atoms with Crippen LogP contribution in [0.2, 0.25) is 0 Å². The molecule has 1 amide bonds. The van der Waals surface area contributed by atoms with Gasteiger partial charge in [-0.05, 0) is 38.0 Å². The molecule has 4 nitrogen and oxygen atoms in total. The van der Waals surface area contributed by atoms with Gasteiger partial charge in [-0.1, -0.05) is 12.1 Å². The monoisotopic (exact) mass is 276 g/mol. The van der Waals surface area contributed by atoms with Crippen molar-refractivity contribution in [2.75, 3.05) is 13.6 Å². The molecule has 0 aromatic heterocycles. The summed E-state index contributed by atoms with van der Waals surface area (Å²) in [5.41, 5.74) is 1.21. The molecule has 0 spiro atoms. The van der Waals surface area contributed by atoms with Crippen LogP contribution in [0.25, 0.3) is 0 Å².